The van der Waals surface area contributed by atoms with Crippen LogP contribution >= 0.6 is 0 Å². The second kappa shape index (κ2) is 8.07. The van der Waals surface area contributed by atoms with Crippen LogP contribution in [0.5, 0.6) is 0 Å². The minimum Gasteiger partial charge on any atom is -0.415 e. The highest BCUT2D eigenvalue weighted by Gasteiger charge is 2.44. The van der Waals surface area contributed by atoms with Crippen molar-refractivity contribution < 1.29 is 26.7 Å². The van der Waals surface area contributed by atoms with E-state index in [0.29, 0.717) is 16.7 Å². The van der Waals surface area contributed by atoms with Crippen LogP contribution in [-0.4, -0.2) is 47.6 Å². The zero-order valence-electron chi connectivity index (χ0n) is 17.9. The number of benzene rings is 1. The van der Waals surface area contributed by atoms with E-state index in [1.54, 1.807) is 32.6 Å². The Balaban J connectivity index is 1.56. The summed E-state index contributed by atoms with van der Waals surface area (Å²) in [6.07, 6.45) is 2.04. The van der Waals surface area contributed by atoms with Gasteiger partial charge in [-0.15, -0.1) is 10.2 Å². The molecule has 4 heterocycles. The lowest BCUT2D eigenvalue weighted by molar-refractivity contribution is 0.0884. The van der Waals surface area contributed by atoms with Gasteiger partial charge in [0.15, 0.2) is 0 Å². The second-order valence-electron chi connectivity index (χ2n) is 7.90. The normalized spacial score (nSPS) is 17.2. The number of rotatable bonds is 6. The number of aliphatic hydroxyl groups excluding tert-OH is 1. The van der Waals surface area contributed by atoms with Crippen LogP contribution < -0.4 is 0 Å². The molecule has 5 rings (SSSR count). The molecule has 34 heavy (non-hydrogen) atoms. The molecule has 0 radical (unpaired) electrons. The van der Waals surface area contributed by atoms with Gasteiger partial charge in [0.05, 0.1) is 23.3 Å². The smallest absolute Gasteiger partial charge is 0.314 e. The van der Waals surface area contributed by atoms with Crippen molar-refractivity contribution in [2.24, 2.45) is 14.1 Å². The second-order valence-corrected chi connectivity index (χ2v) is 9.76. The largest absolute Gasteiger partial charge is 0.415 e. The molecular formula is C20H19F2N7O4S. The number of sulfonamides is 1. The summed E-state index contributed by atoms with van der Waals surface area (Å²) in [6.45, 7) is -0.0129. The highest BCUT2D eigenvalue weighted by molar-refractivity contribution is 7.89. The van der Waals surface area contributed by atoms with Crippen molar-refractivity contribution in [3.05, 3.63) is 65.6 Å². The first-order valence-corrected chi connectivity index (χ1v) is 11.5. The highest BCUT2D eigenvalue weighted by atomic mass is 32.2. The number of aryl methyl sites for hydroxylation is 2. The maximum atomic E-state index is 13.6. The molecule has 4 aromatic rings. The molecule has 178 valence electrons. The summed E-state index contributed by atoms with van der Waals surface area (Å²) in [4.78, 5) is -0.0333. The summed E-state index contributed by atoms with van der Waals surface area (Å²) >= 11 is 0. The topological polar surface area (TPSA) is 132 Å². The Morgan fingerprint density at radius 3 is 2.32 bits per heavy atom. The zero-order chi connectivity index (χ0) is 24.2. The van der Waals surface area contributed by atoms with E-state index in [2.05, 4.69) is 20.4 Å². The van der Waals surface area contributed by atoms with Crippen molar-refractivity contribution in [1.29, 1.82) is 0 Å². The lowest BCUT2D eigenvalue weighted by Crippen LogP contribution is -2.33. The molecule has 0 saturated heterocycles. The molecule has 0 bridgehead atoms. The minimum absolute atomic E-state index is 0.0129. The van der Waals surface area contributed by atoms with Crippen molar-refractivity contribution in [2.75, 3.05) is 0 Å². The lowest BCUT2D eigenvalue weighted by atomic mass is 10.00. The number of fused-ring (bicyclic) bond motifs is 1. The van der Waals surface area contributed by atoms with Crippen LogP contribution in [0.2, 0.25) is 0 Å². The quantitative estimate of drug-likeness (QED) is 0.434. The van der Waals surface area contributed by atoms with Crippen molar-refractivity contribution in [1.82, 2.24) is 34.1 Å². The first-order chi connectivity index (χ1) is 16.1. The Labute approximate surface area is 192 Å². The average molecular weight is 491 g/mol. The predicted molar refractivity (Wildman–Crippen MR) is 112 cm³/mol. The summed E-state index contributed by atoms with van der Waals surface area (Å²) in [5.74, 6) is -1.07. The summed E-state index contributed by atoms with van der Waals surface area (Å²) < 4.78 is 62.1. The lowest BCUT2D eigenvalue weighted by Gasteiger charge is -2.29. The maximum Gasteiger partial charge on any atom is 0.314 e. The van der Waals surface area contributed by atoms with Crippen molar-refractivity contribution in [3.63, 3.8) is 0 Å². The molecule has 0 fully saturated rings. The molecule has 14 heteroatoms. The Morgan fingerprint density at radius 1 is 1.06 bits per heavy atom. The fourth-order valence-electron chi connectivity index (χ4n) is 4.00. The van der Waals surface area contributed by atoms with Gasteiger partial charge in [0.2, 0.25) is 15.9 Å². The van der Waals surface area contributed by atoms with Gasteiger partial charge >= 0.3 is 6.43 Å². The van der Waals surface area contributed by atoms with Gasteiger partial charge in [0.1, 0.15) is 6.10 Å². The number of alkyl halides is 2. The van der Waals surface area contributed by atoms with E-state index >= 15 is 0 Å². The summed E-state index contributed by atoms with van der Waals surface area (Å²) in [5.41, 5.74) is 1.60. The van der Waals surface area contributed by atoms with E-state index in [1.807, 2.05) is 0 Å². The highest BCUT2D eigenvalue weighted by Crippen LogP contribution is 2.43. The molecule has 0 spiro atoms. The molecule has 1 aliphatic rings. The van der Waals surface area contributed by atoms with Gasteiger partial charge in [-0.25, -0.2) is 8.42 Å². The van der Waals surface area contributed by atoms with Crippen molar-refractivity contribution in [3.8, 4) is 11.5 Å². The number of nitrogens with zero attached hydrogens (tertiary/aromatic N) is 7. The number of halogens is 2. The van der Waals surface area contributed by atoms with Gasteiger partial charge in [-0.3, -0.25) is 9.36 Å². The summed E-state index contributed by atoms with van der Waals surface area (Å²) in [6, 6.07) is 3.40. The van der Waals surface area contributed by atoms with Crippen molar-refractivity contribution >= 4 is 10.0 Å². The molecule has 1 N–H and O–H groups in total. The van der Waals surface area contributed by atoms with Gasteiger partial charge in [-0.2, -0.15) is 23.3 Å². The Morgan fingerprint density at radius 2 is 1.74 bits per heavy atom. The minimum atomic E-state index is -4.10. The zero-order valence-corrected chi connectivity index (χ0v) is 18.8. The molecule has 11 nitrogen and oxygen atoms in total. The van der Waals surface area contributed by atoms with E-state index in [1.165, 1.54) is 38.2 Å². The average Bonchev–Trinajstić information content (AvgIpc) is 3.57. The molecule has 1 aliphatic heterocycles. The summed E-state index contributed by atoms with van der Waals surface area (Å²) in [7, 11) is -0.720. The van der Waals surface area contributed by atoms with Crippen LogP contribution in [0.15, 0.2) is 52.3 Å². The van der Waals surface area contributed by atoms with E-state index in [-0.39, 0.29) is 22.9 Å². The standard InChI is InChI=1S/C20H19F2N7O4S/c1-27-8-13(6-23-27)16(17(30)14-7-24-28(2)9-14)29-10-12-4-3-11(5-15(12)34(29,31)32)19-25-26-20(33-19)18(21)22/h3-9,16-18,30H,10H2,1-2H3/t16-,17-/m1/s1. The van der Waals surface area contributed by atoms with Gasteiger partial charge in [-0.1, -0.05) is 6.07 Å². The maximum absolute atomic E-state index is 13.6. The van der Waals surface area contributed by atoms with Crippen LogP contribution in [0.25, 0.3) is 11.5 Å². The third-order valence-corrected chi connectivity index (χ3v) is 7.51. The van der Waals surface area contributed by atoms with Crippen LogP contribution in [-0.2, 0) is 30.7 Å². The van der Waals surface area contributed by atoms with Crippen LogP contribution in [0, 0.1) is 0 Å². The first-order valence-electron chi connectivity index (χ1n) is 10.1. The number of hydrogen-bond donors (Lipinski definition) is 1. The third kappa shape index (κ3) is 3.69. The summed E-state index contributed by atoms with van der Waals surface area (Å²) in [5, 5.41) is 26.3. The van der Waals surface area contributed by atoms with E-state index in [4.69, 9.17) is 4.42 Å². The van der Waals surface area contributed by atoms with Crippen LogP contribution in [0.1, 0.15) is 41.2 Å². The monoisotopic (exact) mass is 491 g/mol. The molecule has 2 atom stereocenters. The van der Waals surface area contributed by atoms with Gasteiger partial charge in [0, 0.05) is 49.7 Å². The van der Waals surface area contributed by atoms with Crippen LogP contribution in [0.4, 0.5) is 8.78 Å². The molecule has 0 amide bonds. The molecule has 0 saturated carbocycles. The fraction of sp³-hybridized carbons (Fsp3) is 0.300. The number of aliphatic hydroxyl groups is 1. The first kappa shape index (κ1) is 22.3. The fourth-order valence-corrected chi connectivity index (χ4v) is 5.84. The van der Waals surface area contributed by atoms with Crippen molar-refractivity contribution in [2.45, 2.75) is 30.0 Å². The molecule has 0 unspecified atom stereocenters. The van der Waals surface area contributed by atoms with Gasteiger partial charge in [-0.05, 0) is 17.7 Å². The van der Waals surface area contributed by atoms with Crippen LogP contribution in [0.3, 0.4) is 0 Å². The molecule has 0 aliphatic carbocycles. The Hall–Kier alpha value is -3.49. The number of hydrogen-bond acceptors (Lipinski definition) is 8. The number of aromatic nitrogens is 6. The Bertz CT molecular complexity index is 1460. The predicted octanol–water partition coefficient (Wildman–Crippen LogP) is 2.12. The van der Waals surface area contributed by atoms with E-state index < -0.39 is 34.5 Å². The van der Waals surface area contributed by atoms with E-state index in [0.717, 1.165) is 0 Å². The third-order valence-electron chi connectivity index (χ3n) is 5.60. The molecule has 3 aromatic heterocycles. The Kier molecular flexibility index (Phi) is 5.30. The van der Waals surface area contributed by atoms with Gasteiger partial charge in [0.25, 0.3) is 5.89 Å². The SMILES string of the molecule is Cn1cc([C@@H](O)[C@@H](c2cnn(C)c2)N2Cc3ccc(-c4nnc(C(F)F)o4)cc3S2(=O)=O)cn1. The van der Waals surface area contributed by atoms with E-state index in [9.17, 15) is 22.3 Å². The molecular weight excluding hydrogens is 472 g/mol. The van der Waals surface area contributed by atoms with Gasteiger partial charge < -0.3 is 9.52 Å². The molecule has 1 aromatic carbocycles.